The lowest BCUT2D eigenvalue weighted by Gasteiger charge is -2.32. The van der Waals surface area contributed by atoms with E-state index in [0.717, 1.165) is 0 Å². The highest BCUT2D eigenvalue weighted by molar-refractivity contribution is 7.76. The van der Waals surface area contributed by atoms with Crippen LogP contribution < -0.4 is 0 Å². The Hall–Kier alpha value is 0.930. The van der Waals surface area contributed by atoms with E-state index in [9.17, 15) is 0 Å². The summed E-state index contributed by atoms with van der Waals surface area (Å²) in [6.45, 7) is 3.22. The molecule has 0 radical (unpaired) electrons. The van der Waals surface area contributed by atoms with Crippen LogP contribution in [-0.2, 0) is 9.05 Å². The maximum absolute atomic E-state index is 5.67. The second-order valence-electron chi connectivity index (χ2n) is 2.70. The molecule has 60 valence electrons. The molecule has 1 saturated heterocycles. The average molecular weight is 203 g/mol. The second-order valence-corrected chi connectivity index (χ2v) is 4.74. The summed E-state index contributed by atoms with van der Waals surface area (Å²) in [5, 5.41) is 0. The molecule has 10 heavy (non-hydrogen) atoms. The molecule has 0 aromatic rings. The Bertz CT molecular complexity index is 114. The third-order valence-electron chi connectivity index (χ3n) is 1.35. The molecule has 1 fully saturated rings. The Balaban J connectivity index is 2.38. The van der Waals surface area contributed by atoms with Crippen molar-refractivity contribution in [1.29, 1.82) is 0 Å². The largest absolute Gasteiger partial charge is 0.321 e. The highest BCUT2D eigenvalue weighted by Gasteiger charge is 2.31. The SMILES string of the molecule is CC1(CCl)COP(Cl)OC1. The van der Waals surface area contributed by atoms with Crippen LogP contribution in [0.5, 0.6) is 0 Å². The number of rotatable bonds is 1. The highest BCUT2D eigenvalue weighted by Crippen LogP contribution is 2.49. The lowest BCUT2D eigenvalue weighted by molar-refractivity contribution is 0.0705. The van der Waals surface area contributed by atoms with Crippen molar-refractivity contribution in [1.82, 2.24) is 0 Å². The van der Waals surface area contributed by atoms with Crippen LogP contribution in [0.25, 0.3) is 0 Å². The van der Waals surface area contributed by atoms with E-state index in [1.807, 2.05) is 6.92 Å². The highest BCUT2D eigenvalue weighted by atomic mass is 35.7. The fourth-order valence-electron chi connectivity index (χ4n) is 0.569. The third-order valence-corrected chi connectivity index (χ3v) is 3.25. The first kappa shape index (κ1) is 9.02. The third kappa shape index (κ3) is 2.21. The molecule has 1 aliphatic heterocycles. The van der Waals surface area contributed by atoms with Crippen molar-refractivity contribution in [2.75, 3.05) is 19.1 Å². The van der Waals surface area contributed by atoms with Crippen LogP contribution in [0.1, 0.15) is 6.92 Å². The Labute approximate surface area is 71.5 Å². The molecule has 0 aliphatic carbocycles. The summed E-state index contributed by atoms with van der Waals surface area (Å²) in [7, 11) is -1.14. The van der Waals surface area contributed by atoms with Crippen molar-refractivity contribution < 1.29 is 9.05 Å². The van der Waals surface area contributed by atoms with Gasteiger partial charge >= 0.3 is 0 Å². The minimum atomic E-state index is -1.14. The zero-order chi connectivity index (χ0) is 7.61. The molecule has 1 heterocycles. The molecule has 0 amide bonds. The lowest BCUT2D eigenvalue weighted by Crippen LogP contribution is -2.32. The molecule has 0 unspecified atom stereocenters. The van der Waals surface area contributed by atoms with E-state index in [2.05, 4.69) is 0 Å². The van der Waals surface area contributed by atoms with Crippen molar-refractivity contribution in [3.63, 3.8) is 0 Å². The van der Waals surface area contributed by atoms with E-state index in [1.54, 1.807) is 0 Å². The zero-order valence-corrected chi connectivity index (χ0v) is 8.05. The van der Waals surface area contributed by atoms with E-state index in [0.29, 0.717) is 19.1 Å². The predicted octanol–water partition coefficient (Wildman–Crippen LogP) is 2.74. The topological polar surface area (TPSA) is 18.5 Å². The fraction of sp³-hybridized carbons (Fsp3) is 1.00. The number of hydrogen-bond donors (Lipinski definition) is 0. The second kappa shape index (κ2) is 3.55. The molecular weight excluding hydrogens is 194 g/mol. The van der Waals surface area contributed by atoms with Crippen molar-refractivity contribution in [2.45, 2.75) is 6.92 Å². The predicted molar refractivity (Wildman–Crippen MR) is 43.5 cm³/mol. The first-order valence-electron chi connectivity index (χ1n) is 2.94. The van der Waals surface area contributed by atoms with E-state index in [4.69, 9.17) is 31.9 Å². The van der Waals surface area contributed by atoms with E-state index in [1.165, 1.54) is 0 Å². The molecular formula is C5H9Cl2O2P. The zero-order valence-electron chi connectivity index (χ0n) is 5.64. The smallest absolute Gasteiger partial charge is 0.276 e. The normalized spacial score (nSPS) is 41.7. The van der Waals surface area contributed by atoms with Crippen molar-refractivity contribution >= 4 is 30.6 Å². The molecule has 0 aromatic carbocycles. The quantitative estimate of drug-likeness (QED) is 0.481. The van der Waals surface area contributed by atoms with Crippen LogP contribution >= 0.6 is 30.6 Å². The van der Waals surface area contributed by atoms with E-state index in [-0.39, 0.29) is 5.41 Å². The van der Waals surface area contributed by atoms with Crippen LogP contribution in [-0.4, -0.2) is 19.1 Å². The lowest BCUT2D eigenvalue weighted by atomic mass is 9.96. The summed E-state index contributed by atoms with van der Waals surface area (Å²) in [6.07, 6.45) is 0. The van der Waals surface area contributed by atoms with Gasteiger partial charge in [0.1, 0.15) is 0 Å². The maximum Gasteiger partial charge on any atom is 0.276 e. The van der Waals surface area contributed by atoms with Gasteiger partial charge in [-0.15, -0.1) is 11.6 Å². The number of halogens is 2. The molecule has 0 atom stereocenters. The summed E-state index contributed by atoms with van der Waals surface area (Å²) in [6, 6.07) is 0. The van der Waals surface area contributed by atoms with E-state index < -0.39 is 7.73 Å². The maximum atomic E-state index is 5.67. The van der Waals surface area contributed by atoms with Crippen molar-refractivity contribution in [2.24, 2.45) is 5.41 Å². The summed E-state index contributed by atoms with van der Waals surface area (Å²) < 4.78 is 10.2. The monoisotopic (exact) mass is 202 g/mol. The van der Waals surface area contributed by atoms with Gasteiger partial charge in [-0.2, -0.15) is 0 Å². The Kier molecular flexibility index (Phi) is 3.20. The standard InChI is InChI=1S/C5H9Cl2O2P/c1-5(2-6)3-8-10(7)9-4-5/h2-4H2,1H3. The molecule has 1 aliphatic rings. The van der Waals surface area contributed by atoms with Gasteiger partial charge in [0, 0.05) is 11.3 Å². The van der Waals surface area contributed by atoms with Gasteiger partial charge in [0.15, 0.2) is 0 Å². The van der Waals surface area contributed by atoms with Gasteiger partial charge in [-0.05, 0) is 11.2 Å². The van der Waals surface area contributed by atoms with Crippen LogP contribution in [0.15, 0.2) is 0 Å². The molecule has 0 bridgehead atoms. The summed E-state index contributed by atoms with van der Waals surface area (Å²) in [5.74, 6) is 0.549. The van der Waals surface area contributed by atoms with Crippen LogP contribution in [0.3, 0.4) is 0 Å². The van der Waals surface area contributed by atoms with E-state index >= 15 is 0 Å². The molecule has 5 heteroatoms. The summed E-state index contributed by atoms with van der Waals surface area (Å²) in [5.41, 5.74) is -0.0464. The molecule has 0 spiro atoms. The van der Waals surface area contributed by atoms with Crippen molar-refractivity contribution in [3.8, 4) is 0 Å². The Morgan fingerprint density at radius 2 is 2.00 bits per heavy atom. The average Bonchev–Trinajstić information content (AvgIpc) is 1.96. The first-order valence-corrected chi connectivity index (χ1v) is 5.56. The molecule has 0 saturated carbocycles. The van der Waals surface area contributed by atoms with Gasteiger partial charge in [-0.25, -0.2) is 0 Å². The fourth-order valence-corrected chi connectivity index (χ4v) is 1.92. The van der Waals surface area contributed by atoms with Gasteiger partial charge in [0.2, 0.25) is 0 Å². The number of alkyl halides is 1. The minimum Gasteiger partial charge on any atom is -0.321 e. The Morgan fingerprint density at radius 3 is 2.40 bits per heavy atom. The summed E-state index contributed by atoms with van der Waals surface area (Å²) in [4.78, 5) is 0. The number of hydrogen-bond acceptors (Lipinski definition) is 2. The molecule has 0 N–H and O–H groups in total. The minimum absolute atomic E-state index is 0.0464. The van der Waals surface area contributed by atoms with Gasteiger partial charge in [0.25, 0.3) is 7.73 Å². The first-order chi connectivity index (χ1) is 4.66. The van der Waals surface area contributed by atoms with Gasteiger partial charge in [0.05, 0.1) is 13.2 Å². The molecule has 1 rings (SSSR count). The summed E-state index contributed by atoms with van der Waals surface area (Å²) >= 11 is 11.3. The van der Waals surface area contributed by atoms with Crippen LogP contribution in [0, 0.1) is 5.41 Å². The van der Waals surface area contributed by atoms with Gasteiger partial charge in [-0.3, -0.25) is 0 Å². The van der Waals surface area contributed by atoms with Gasteiger partial charge in [-0.1, -0.05) is 6.92 Å². The molecule has 2 nitrogen and oxygen atoms in total. The molecule has 0 aromatic heterocycles. The van der Waals surface area contributed by atoms with Crippen LogP contribution in [0.2, 0.25) is 0 Å². The van der Waals surface area contributed by atoms with Gasteiger partial charge < -0.3 is 9.05 Å². The van der Waals surface area contributed by atoms with Crippen LogP contribution in [0.4, 0.5) is 0 Å². The van der Waals surface area contributed by atoms with Crippen molar-refractivity contribution in [3.05, 3.63) is 0 Å². The Morgan fingerprint density at radius 1 is 1.50 bits per heavy atom.